The molecule has 0 aliphatic rings. The maximum absolute atomic E-state index is 6.50. The van der Waals surface area contributed by atoms with Crippen LogP contribution >= 0.6 is 11.3 Å². The Morgan fingerprint density at radius 2 is 1.13 bits per heavy atom. The molecule has 0 aliphatic carbocycles. The molecular weight excluding hydrogens is 583 g/mol. The highest BCUT2D eigenvalue weighted by atomic mass is 32.1. The van der Waals surface area contributed by atoms with Crippen molar-refractivity contribution in [3.8, 4) is 16.8 Å². The van der Waals surface area contributed by atoms with Crippen molar-refractivity contribution >= 4 is 97.2 Å². The van der Waals surface area contributed by atoms with Gasteiger partial charge >= 0.3 is 0 Å². The number of hydrogen-bond donors (Lipinski definition) is 0. The van der Waals surface area contributed by atoms with E-state index in [-0.39, 0.29) is 0 Å². The van der Waals surface area contributed by atoms with Crippen LogP contribution in [0.25, 0.3) is 103 Å². The fourth-order valence-electron chi connectivity index (χ4n) is 7.60. The second-order valence-corrected chi connectivity index (χ2v) is 13.1. The summed E-state index contributed by atoms with van der Waals surface area (Å²) < 4.78 is 17.7. The van der Waals surface area contributed by atoms with Gasteiger partial charge in [-0.3, -0.25) is 0 Å². The van der Waals surface area contributed by atoms with Gasteiger partial charge in [-0.25, -0.2) is 0 Å². The second kappa shape index (κ2) is 8.87. The van der Waals surface area contributed by atoms with Crippen molar-refractivity contribution in [3.05, 3.63) is 140 Å². The molecule has 0 radical (unpaired) electrons. The summed E-state index contributed by atoms with van der Waals surface area (Å²) in [4.78, 5) is 0. The normalized spacial score (nSPS) is 12.3. The van der Waals surface area contributed by atoms with Crippen molar-refractivity contribution in [1.82, 2.24) is 4.57 Å². The second-order valence-electron chi connectivity index (χ2n) is 12.0. The topological polar surface area (TPSA) is 31.2 Å². The molecule has 46 heavy (non-hydrogen) atoms. The Morgan fingerprint density at radius 3 is 2.04 bits per heavy atom. The largest absolute Gasteiger partial charge is 0.456 e. The first kappa shape index (κ1) is 24.5. The molecule has 7 aromatic carbocycles. The average Bonchev–Trinajstić information content (AvgIpc) is 3.86. The summed E-state index contributed by atoms with van der Waals surface area (Å²) in [6.45, 7) is 0. The van der Waals surface area contributed by atoms with Gasteiger partial charge in [-0.1, -0.05) is 91.0 Å². The molecule has 4 aromatic heterocycles. The standard InChI is InChI=1S/C42H23NO2S/c1-4-15-33-26(9-1)32-23-24(19-21-34(32)43(33)35-16-8-13-28-27-10-2-5-17-36(27)45-40(28)35)25-12-7-14-29-30-20-22-38-39(42(30)46-41(25)29)31-11-3-6-18-37(31)44-38/h1-23H. The van der Waals surface area contributed by atoms with Crippen LogP contribution in [0.4, 0.5) is 0 Å². The zero-order valence-electron chi connectivity index (χ0n) is 24.5. The minimum atomic E-state index is 0.906. The predicted molar refractivity (Wildman–Crippen MR) is 194 cm³/mol. The predicted octanol–water partition coefficient (Wildman–Crippen LogP) is 12.6. The first-order valence-electron chi connectivity index (χ1n) is 15.5. The van der Waals surface area contributed by atoms with Crippen LogP contribution in [0.15, 0.2) is 148 Å². The van der Waals surface area contributed by atoms with Crippen LogP contribution in [0.1, 0.15) is 0 Å². The number of hydrogen-bond acceptors (Lipinski definition) is 3. The van der Waals surface area contributed by atoms with E-state index in [0.717, 1.165) is 49.8 Å². The molecule has 0 unspecified atom stereocenters. The lowest BCUT2D eigenvalue weighted by Crippen LogP contribution is -1.94. The van der Waals surface area contributed by atoms with Gasteiger partial charge in [-0.2, -0.15) is 0 Å². The van der Waals surface area contributed by atoms with Crippen LogP contribution in [-0.4, -0.2) is 4.57 Å². The summed E-state index contributed by atoms with van der Waals surface area (Å²) in [6, 6.07) is 49.8. The highest BCUT2D eigenvalue weighted by Gasteiger charge is 2.20. The minimum Gasteiger partial charge on any atom is -0.456 e. The van der Waals surface area contributed by atoms with Crippen molar-refractivity contribution in [3.63, 3.8) is 0 Å². The van der Waals surface area contributed by atoms with Crippen LogP contribution in [0.3, 0.4) is 0 Å². The first-order valence-corrected chi connectivity index (χ1v) is 16.3. The van der Waals surface area contributed by atoms with E-state index >= 15 is 0 Å². The van der Waals surface area contributed by atoms with E-state index in [1.165, 1.54) is 52.8 Å². The Hall–Kier alpha value is -5.84. The summed E-state index contributed by atoms with van der Waals surface area (Å²) in [6.07, 6.45) is 0. The fourth-order valence-corrected chi connectivity index (χ4v) is 8.99. The Bertz CT molecular complexity index is 3040. The van der Waals surface area contributed by atoms with Crippen LogP contribution in [-0.2, 0) is 0 Å². The van der Waals surface area contributed by atoms with Gasteiger partial charge in [0.15, 0.2) is 5.58 Å². The maximum Gasteiger partial charge on any atom is 0.159 e. The monoisotopic (exact) mass is 605 g/mol. The van der Waals surface area contributed by atoms with Gasteiger partial charge in [0.25, 0.3) is 0 Å². The molecule has 0 amide bonds. The molecule has 0 fully saturated rings. The molecule has 0 saturated carbocycles. The maximum atomic E-state index is 6.50. The Balaban J connectivity index is 1.18. The number of rotatable bonds is 2. The number of thiophene rings is 1. The van der Waals surface area contributed by atoms with E-state index in [0.29, 0.717) is 0 Å². The molecular formula is C42H23NO2S. The lowest BCUT2D eigenvalue weighted by atomic mass is 10.00. The zero-order valence-corrected chi connectivity index (χ0v) is 25.3. The van der Waals surface area contributed by atoms with Crippen molar-refractivity contribution in [2.24, 2.45) is 0 Å². The number of aromatic nitrogens is 1. The SMILES string of the molecule is c1ccc2c(c1)oc1c(-n3c4ccccc4c4cc(-c5cccc6c5sc5c6ccc6oc7ccccc7c65)ccc43)cccc12. The Kier molecular flexibility index (Phi) is 4.72. The number of furan rings is 2. The van der Waals surface area contributed by atoms with Gasteiger partial charge in [-0.05, 0) is 59.7 Å². The molecule has 3 nitrogen and oxygen atoms in total. The number of benzene rings is 7. The van der Waals surface area contributed by atoms with Gasteiger partial charge in [-0.15, -0.1) is 11.3 Å². The lowest BCUT2D eigenvalue weighted by molar-refractivity contribution is 0.666. The van der Waals surface area contributed by atoms with Crippen molar-refractivity contribution in [1.29, 1.82) is 0 Å². The quantitative estimate of drug-likeness (QED) is 0.196. The molecule has 0 N–H and O–H groups in total. The molecule has 4 heterocycles. The number of para-hydroxylation sites is 4. The van der Waals surface area contributed by atoms with E-state index in [1.54, 1.807) is 0 Å². The third kappa shape index (κ3) is 3.16. The highest BCUT2D eigenvalue weighted by molar-refractivity contribution is 7.27. The molecule has 0 bridgehead atoms. The summed E-state index contributed by atoms with van der Waals surface area (Å²) >= 11 is 1.87. The number of fused-ring (bicyclic) bond motifs is 13. The van der Waals surface area contributed by atoms with E-state index in [4.69, 9.17) is 8.83 Å². The molecule has 11 rings (SSSR count). The van der Waals surface area contributed by atoms with Crippen molar-refractivity contribution in [2.75, 3.05) is 0 Å². The van der Waals surface area contributed by atoms with Crippen molar-refractivity contribution in [2.45, 2.75) is 0 Å². The Labute approximate surface area is 266 Å². The fraction of sp³-hybridized carbons (Fsp3) is 0. The Morgan fingerprint density at radius 1 is 0.435 bits per heavy atom. The lowest BCUT2D eigenvalue weighted by Gasteiger charge is -2.09. The van der Waals surface area contributed by atoms with Gasteiger partial charge < -0.3 is 13.4 Å². The highest BCUT2D eigenvalue weighted by Crippen LogP contribution is 2.46. The molecule has 11 aromatic rings. The zero-order chi connectivity index (χ0) is 29.9. The smallest absolute Gasteiger partial charge is 0.159 e. The number of nitrogens with zero attached hydrogens (tertiary/aromatic N) is 1. The molecule has 0 spiro atoms. The van der Waals surface area contributed by atoms with Crippen LogP contribution in [0.2, 0.25) is 0 Å². The summed E-state index contributed by atoms with van der Waals surface area (Å²) in [7, 11) is 0. The van der Waals surface area contributed by atoms with Gasteiger partial charge in [0, 0.05) is 52.5 Å². The summed E-state index contributed by atoms with van der Waals surface area (Å²) in [5, 5.41) is 9.65. The van der Waals surface area contributed by atoms with Crippen LogP contribution in [0, 0.1) is 0 Å². The first-order chi connectivity index (χ1) is 22.8. The molecule has 214 valence electrons. The van der Waals surface area contributed by atoms with Gasteiger partial charge in [0.1, 0.15) is 16.7 Å². The van der Waals surface area contributed by atoms with E-state index in [1.807, 2.05) is 29.5 Å². The molecule has 0 aliphatic heterocycles. The van der Waals surface area contributed by atoms with E-state index < -0.39 is 0 Å². The van der Waals surface area contributed by atoms with Gasteiger partial charge in [0.05, 0.1) is 16.7 Å². The van der Waals surface area contributed by atoms with Crippen LogP contribution in [0.5, 0.6) is 0 Å². The minimum absolute atomic E-state index is 0.906. The molecule has 0 saturated heterocycles. The summed E-state index contributed by atoms with van der Waals surface area (Å²) in [5.74, 6) is 0. The van der Waals surface area contributed by atoms with Gasteiger partial charge in [0.2, 0.25) is 0 Å². The average molecular weight is 606 g/mol. The summed E-state index contributed by atoms with van der Waals surface area (Å²) in [5.41, 5.74) is 9.52. The van der Waals surface area contributed by atoms with Crippen LogP contribution < -0.4 is 0 Å². The van der Waals surface area contributed by atoms with Crippen molar-refractivity contribution < 1.29 is 8.83 Å². The molecule has 0 atom stereocenters. The third-order valence-electron chi connectivity index (χ3n) is 9.61. The third-order valence-corrected chi connectivity index (χ3v) is 10.9. The van der Waals surface area contributed by atoms with E-state index in [9.17, 15) is 0 Å². The molecule has 4 heteroatoms. The van der Waals surface area contributed by atoms with E-state index in [2.05, 4.69) is 126 Å².